The zero-order valence-corrected chi connectivity index (χ0v) is 9.21. The monoisotopic (exact) mass is 240 g/mol. The normalized spacial score (nSPS) is 17.2. The van der Waals surface area contributed by atoms with Gasteiger partial charge in [0.05, 0.1) is 0 Å². The number of halogens is 1. The second-order valence-electron chi connectivity index (χ2n) is 3.37. The van der Waals surface area contributed by atoms with Crippen molar-refractivity contribution in [2.75, 3.05) is 25.0 Å². The topological polar surface area (TPSA) is 15.3 Å². The third-order valence-corrected chi connectivity index (χ3v) is 2.96. The molecule has 1 aliphatic rings. The molecule has 0 bridgehead atoms. The van der Waals surface area contributed by atoms with Crippen LogP contribution in [0.3, 0.4) is 0 Å². The zero-order valence-electron chi connectivity index (χ0n) is 7.63. The summed E-state index contributed by atoms with van der Waals surface area (Å²) in [4.78, 5) is 2.37. The van der Waals surface area contributed by atoms with Crippen molar-refractivity contribution in [2.45, 2.75) is 6.04 Å². The van der Waals surface area contributed by atoms with E-state index in [9.17, 15) is 0 Å². The van der Waals surface area contributed by atoms with Crippen LogP contribution in [0.4, 0.5) is 5.69 Å². The van der Waals surface area contributed by atoms with Gasteiger partial charge in [-0.25, -0.2) is 0 Å². The van der Waals surface area contributed by atoms with Crippen LogP contribution in [-0.2, 0) is 0 Å². The van der Waals surface area contributed by atoms with E-state index < -0.39 is 0 Å². The third kappa shape index (κ3) is 1.86. The van der Waals surface area contributed by atoms with E-state index >= 15 is 0 Å². The minimum absolute atomic E-state index is 0.666. The number of nitrogens with one attached hydrogen (secondary N) is 1. The van der Waals surface area contributed by atoms with Crippen molar-refractivity contribution >= 4 is 21.6 Å². The summed E-state index contributed by atoms with van der Waals surface area (Å²) >= 11 is 3.47. The third-order valence-electron chi connectivity index (χ3n) is 2.46. The zero-order chi connectivity index (χ0) is 9.26. The van der Waals surface area contributed by atoms with Crippen LogP contribution in [0.15, 0.2) is 28.7 Å². The predicted octanol–water partition coefficient (Wildman–Crippen LogP) is 1.86. The average molecular weight is 241 g/mol. The van der Waals surface area contributed by atoms with Gasteiger partial charge >= 0.3 is 0 Å². The summed E-state index contributed by atoms with van der Waals surface area (Å²) in [5.74, 6) is 0. The van der Waals surface area contributed by atoms with Gasteiger partial charge in [0, 0.05) is 29.3 Å². The van der Waals surface area contributed by atoms with Gasteiger partial charge in [-0.05, 0) is 25.2 Å². The summed E-state index contributed by atoms with van der Waals surface area (Å²) in [5, 5.41) is 3.26. The van der Waals surface area contributed by atoms with Gasteiger partial charge in [-0.15, -0.1) is 0 Å². The molecular weight excluding hydrogens is 228 g/mol. The van der Waals surface area contributed by atoms with Gasteiger partial charge < -0.3 is 10.2 Å². The second kappa shape index (κ2) is 3.68. The highest BCUT2D eigenvalue weighted by Crippen LogP contribution is 2.23. The van der Waals surface area contributed by atoms with Crippen LogP contribution in [0.1, 0.15) is 0 Å². The molecule has 2 nitrogen and oxygen atoms in total. The molecule has 0 spiro atoms. The molecule has 1 aromatic carbocycles. The molecule has 1 heterocycles. The lowest BCUT2D eigenvalue weighted by Crippen LogP contribution is -2.57. The molecule has 1 aromatic rings. The van der Waals surface area contributed by atoms with Gasteiger partial charge in [0.15, 0.2) is 0 Å². The average Bonchev–Trinajstić information content (AvgIpc) is 2.02. The maximum absolute atomic E-state index is 3.47. The van der Waals surface area contributed by atoms with E-state index in [4.69, 9.17) is 0 Å². The molecule has 0 atom stereocenters. The number of benzene rings is 1. The Morgan fingerprint density at radius 1 is 1.46 bits per heavy atom. The molecule has 0 radical (unpaired) electrons. The van der Waals surface area contributed by atoms with Gasteiger partial charge in [-0.1, -0.05) is 22.0 Å². The molecule has 0 amide bonds. The van der Waals surface area contributed by atoms with Crippen LogP contribution in [-0.4, -0.2) is 26.2 Å². The molecule has 0 unspecified atom stereocenters. The summed E-state index contributed by atoms with van der Waals surface area (Å²) in [6, 6.07) is 9.10. The summed E-state index contributed by atoms with van der Waals surface area (Å²) in [6.07, 6.45) is 0. The Kier molecular flexibility index (Phi) is 2.56. The van der Waals surface area contributed by atoms with E-state index in [0.717, 1.165) is 17.6 Å². The Hall–Kier alpha value is -0.540. The highest BCUT2D eigenvalue weighted by molar-refractivity contribution is 9.10. The van der Waals surface area contributed by atoms with Crippen LogP contribution >= 0.6 is 15.9 Å². The molecule has 3 heteroatoms. The van der Waals surface area contributed by atoms with Crippen molar-refractivity contribution in [3.8, 4) is 0 Å². The van der Waals surface area contributed by atoms with Crippen LogP contribution < -0.4 is 10.2 Å². The molecule has 1 aliphatic heterocycles. The predicted molar refractivity (Wildman–Crippen MR) is 59.2 cm³/mol. The number of nitrogens with zero attached hydrogens (tertiary/aromatic N) is 1. The lowest BCUT2D eigenvalue weighted by molar-refractivity contribution is 0.450. The van der Waals surface area contributed by atoms with Crippen molar-refractivity contribution in [1.29, 1.82) is 0 Å². The molecule has 0 aliphatic carbocycles. The van der Waals surface area contributed by atoms with Gasteiger partial charge in [-0.3, -0.25) is 0 Å². The molecule has 13 heavy (non-hydrogen) atoms. The van der Waals surface area contributed by atoms with Crippen LogP contribution in [0.2, 0.25) is 0 Å². The first-order valence-corrected chi connectivity index (χ1v) is 5.26. The lowest BCUT2D eigenvalue weighted by Gasteiger charge is -2.40. The summed E-state index contributed by atoms with van der Waals surface area (Å²) in [7, 11) is 2.02. The van der Waals surface area contributed by atoms with E-state index in [1.165, 1.54) is 5.69 Å². The van der Waals surface area contributed by atoms with E-state index in [-0.39, 0.29) is 0 Å². The summed E-state index contributed by atoms with van der Waals surface area (Å²) < 4.78 is 1.15. The standard InChI is InChI=1S/C10H13BrN2/c1-12-9-6-13(7-9)10-4-2-3-8(11)5-10/h2-5,9,12H,6-7H2,1H3. The van der Waals surface area contributed by atoms with Crippen molar-refractivity contribution in [3.63, 3.8) is 0 Å². The fraction of sp³-hybridized carbons (Fsp3) is 0.400. The van der Waals surface area contributed by atoms with E-state index in [0.29, 0.717) is 6.04 Å². The molecule has 1 fully saturated rings. The van der Waals surface area contributed by atoms with Crippen LogP contribution in [0.5, 0.6) is 0 Å². The Morgan fingerprint density at radius 2 is 2.23 bits per heavy atom. The van der Waals surface area contributed by atoms with Crippen molar-refractivity contribution in [1.82, 2.24) is 5.32 Å². The van der Waals surface area contributed by atoms with E-state index in [1.807, 2.05) is 7.05 Å². The molecule has 2 rings (SSSR count). The molecule has 1 saturated heterocycles. The maximum atomic E-state index is 3.47. The number of likely N-dealkylation sites (N-methyl/N-ethyl adjacent to an activating group) is 1. The molecule has 0 aromatic heterocycles. The molecular formula is C10H13BrN2. The quantitative estimate of drug-likeness (QED) is 0.850. The lowest BCUT2D eigenvalue weighted by atomic mass is 10.1. The Morgan fingerprint density at radius 3 is 2.85 bits per heavy atom. The maximum Gasteiger partial charge on any atom is 0.0418 e. The minimum atomic E-state index is 0.666. The largest absolute Gasteiger partial charge is 0.368 e. The Bertz CT molecular complexity index is 295. The smallest absolute Gasteiger partial charge is 0.0418 e. The molecule has 70 valence electrons. The number of hydrogen-bond donors (Lipinski definition) is 1. The molecule has 1 N–H and O–H groups in total. The van der Waals surface area contributed by atoms with E-state index in [1.54, 1.807) is 0 Å². The number of hydrogen-bond acceptors (Lipinski definition) is 2. The summed E-state index contributed by atoms with van der Waals surface area (Å²) in [6.45, 7) is 2.24. The van der Waals surface area contributed by atoms with Gasteiger partial charge in [-0.2, -0.15) is 0 Å². The first-order valence-electron chi connectivity index (χ1n) is 4.47. The van der Waals surface area contributed by atoms with Gasteiger partial charge in [0.2, 0.25) is 0 Å². The SMILES string of the molecule is CNC1CN(c2cccc(Br)c2)C1. The van der Waals surface area contributed by atoms with Gasteiger partial charge in [0.25, 0.3) is 0 Å². The first-order chi connectivity index (χ1) is 6.29. The van der Waals surface area contributed by atoms with Crippen molar-refractivity contribution in [3.05, 3.63) is 28.7 Å². The fourth-order valence-corrected chi connectivity index (χ4v) is 1.93. The Labute approximate surface area is 87.1 Å². The van der Waals surface area contributed by atoms with Crippen molar-refractivity contribution < 1.29 is 0 Å². The number of anilines is 1. The summed E-state index contributed by atoms with van der Waals surface area (Å²) in [5.41, 5.74) is 1.31. The first kappa shape index (κ1) is 9.03. The highest BCUT2D eigenvalue weighted by Gasteiger charge is 2.24. The van der Waals surface area contributed by atoms with Gasteiger partial charge in [0.1, 0.15) is 0 Å². The Balaban J connectivity index is 2.03. The van der Waals surface area contributed by atoms with Crippen molar-refractivity contribution in [2.24, 2.45) is 0 Å². The molecule has 0 saturated carbocycles. The number of rotatable bonds is 2. The fourth-order valence-electron chi connectivity index (χ4n) is 1.54. The van der Waals surface area contributed by atoms with E-state index in [2.05, 4.69) is 50.4 Å². The second-order valence-corrected chi connectivity index (χ2v) is 4.29. The minimum Gasteiger partial charge on any atom is -0.368 e. The van der Waals surface area contributed by atoms with Crippen LogP contribution in [0.25, 0.3) is 0 Å². The van der Waals surface area contributed by atoms with Crippen LogP contribution in [0, 0.1) is 0 Å². The highest BCUT2D eigenvalue weighted by atomic mass is 79.9.